The van der Waals surface area contributed by atoms with Crippen LogP contribution < -0.4 is 0 Å². The fraction of sp³-hybridized carbons (Fsp3) is 0.913. The maximum atomic E-state index is 7.34. The van der Waals surface area contributed by atoms with Crippen LogP contribution in [-0.4, -0.2) is 44.1 Å². The molecule has 0 N–H and O–H groups in total. The van der Waals surface area contributed by atoms with Crippen LogP contribution >= 0.6 is 0 Å². The first kappa shape index (κ1) is 29.5. The average molecular weight is 475 g/mol. The molecule has 0 aromatic carbocycles. The van der Waals surface area contributed by atoms with E-state index < -0.39 is 32.8 Å². The van der Waals surface area contributed by atoms with Crippen LogP contribution in [0.15, 0.2) is 12.3 Å². The highest BCUT2D eigenvalue weighted by molar-refractivity contribution is 6.96. The van der Waals surface area contributed by atoms with E-state index in [9.17, 15) is 0 Å². The standard InChI is InChI=1S/C23H54O2Si4/c1-17-22(6,25-29(16,19-3)21(5)27(11,12)13)23(7,18-2)28(14,15)24-20(4)26(8,9)10/h19-21H,3,17-18H2,1-2,4-16H3. The lowest BCUT2D eigenvalue weighted by molar-refractivity contribution is 0.0142. The number of rotatable bonds is 12. The highest BCUT2D eigenvalue weighted by Gasteiger charge is 2.58. The van der Waals surface area contributed by atoms with E-state index in [-0.39, 0.29) is 10.6 Å². The lowest BCUT2D eigenvalue weighted by atomic mass is 9.85. The van der Waals surface area contributed by atoms with Crippen LogP contribution in [0.2, 0.25) is 69.1 Å². The summed E-state index contributed by atoms with van der Waals surface area (Å²) in [6.07, 6.45) is 2.09. The molecule has 2 nitrogen and oxygen atoms in total. The van der Waals surface area contributed by atoms with Crippen molar-refractivity contribution in [2.45, 2.75) is 135 Å². The summed E-state index contributed by atoms with van der Waals surface area (Å²) in [4.78, 5) is 0. The molecule has 5 unspecified atom stereocenters. The zero-order chi connectivity index (χ0) is 23.7. The summed E-state index contributed by atoms with van der Waals surface area (Å²) in [5, 5.41) is 0.644. The molecule has 0 saturated carbocycles. The van der Waals surface area contributed by atoms with Gasteiger partial charge in [-0.05, 0) is 51.5 Å². The normalized spacial score (nSPS) is 22.2. The van der Waals surface area contributed by atoms with Crippen molar-refractivity contribution in [3.05, 3.63) is 12.3 Å². The van der Waals surface area contributed by atoms with Gasteiger partial charge < -0.3 is 8.85 Å². The summed E-state index contributed by atoms with van der Waals surface area (Å²) in [6, 6.07) is 0. The van der Waals surface area contributed by atoms with E-state index in [0.717, 1.165) is 12.8 Å². The first-order chi connectivity index (χ1) is 12.7. The Morgan fingerprint density at radius 2 is 1.28 bits per heavy atom. The minimum absolute atomic E-state index is 0.0269. The molecule has 5 atom stereocenters. The van der Waals surface area contributed by atoms with Crippen molar-refractivity contribution in [2.24, 2.45) is 0 Å². The third-order valence-corrected chi connectivity index (χ3v) is 26.2. The fourth-order valence-electron chi connectivity index (χ4n) is 4.41. The van der Waals surface area contributed by atoms with Gasteiger partial charge in [0.2, 0.25) is 8.32 Å². The van der Waals surface area contributed by atoms with E-state index in [2.05, 4.69) is 113 Å². The van der Waals surface area contributed by atoms with Crippen molar-refractivity contribution >= 4 is 32.8 Å². The Balaban J connectivity index is 6.27. The van der Waals surface area contributed by atoms with Gasteiger partial charge in [-0.3, -0.25) is 0 Å². The van der Waals surface area contributed by atoms with Crippen LogP contribution in [0, 0.1) is 0 Å². The zero-order valence-corrected chi connectivity index (χ0v) is 26.7. The monoisotopic (exact) mass is 474 g/mol. The molecule has 0 rings (SSSR count). The average Bonchev–Trinajstić information content (AvgIpc) is 2.57. The van der Waals surface area contributed by atoms with Crippen LogP contribution in [0.4, 0.5) is 0 Å². The van der Waals surface area contributed by atoms with Crippen molar-refractivity contribution in [2.75, 3.05) is 0 Å². The minimum Gasteiger partial charge on any atom is -0.417 e. The van der Waals surface area contributed by atoms with Gasteiger partial charge in [-0.2, -0.15) is 0 Å². The Labute approximate surface area is 188 Å². The van der Waals surface area contributed by atoms with Crippen LogP contribution in [0.1, 0.15) is 54.4 Å². The van der Waals surface area contributed by atoms with Gasteiger partial charge in [0.05, 0.1) is 13.7 Å². The Hall–Kier alpha value is 0.528. The largest absolute Gasteiger partial charge is 0.417 e. The van der Waals surface area contributed by atoms with Gasteiger partial charge in [-0.1, -0.05) is 72.7 Å². The molecule has 0 fully saturated rings. The first-order valence-electron chi connectivity index (χ1n) is 11.7. The highest BCUT2D eigenvalue weighted by atomic mass is 28.4. The maximum Gasteiger partial charge on any atom is 0.214 e. The molecule has 0 aliphatic rings. The number of hydrogen-bond donors (Lipinski definition) is 0. The molecular weight excluding hydrogens is 421 g/mol. The molecule has 174 valence electrons. The molecule has 0 heterocycles. The van der Waals surface area contributed by atoms with E-state index in [4.69, 9.17) is 8.85 Å². The molecule has 0 aromatic heterocycles. The second-order valence-corrected chi connectivity index (χ2v) is 32.4. The highest BCUT2D eigenvalue weighted by Crippen LogP contribution is 2.56. The second-order valence-electron chi connectivity index (χ2n) is 12.5. The van der Waals surface area contributed by atoms with Crippen LogP contribution in [0.25, 0.3) is 0 Å². The zero-order valence-electron chi connectivity index (χ0n) is 22.7. The van der Waals surface area contributed by atoms with E-state index in [1.807, 2.05) is 0 Å². The Kier molecular flexibility index (Phi) is 9.74. The molecule has 6 heteroatoms. The summed E-state index contributed by atoms with van der Waals surface area (Å²) in [5.74, 6) is 0. The van der Waals surface area contributed by atoms with Gasteiger partial charge in [0.25, 0.3) is 0 Å². The third kappa shape index (κ3) is 6.28. The summed E-state index contributed by atoms with van der Waals surface area (Å²) in [6.45, 7) is 40.4. The van der Waals surface area contributed by atoms with Crippen molar-refractivity contribution in [3.63, 3.8) is 0 Å². The van der Waals surface area contributed by atoms with Crippen molar-refractivity contribution in [3.8, 4) is 0 Å². The fourth-order valence-corrected chi connectivity index (χ4v) is 19.7. The van der Waals surface area contributed by atoms with Gasteiger partial charge in [-0.15, -0.1) is 6.58 Å². The molecule has 0 spiro atoms. The van der Waals surface area contributed by atoms with Gasteiger partial charge in [0, 0.05) is 18.8 Å². The van der Waals surface area contributed by atoms with Crippen LogP contribution in [-0.2, 0) is 8.85 Å². The molecule has 0 aliphatic heterocycles. The third-order valence-electron chi connectivity index (χ3n) is 8.58. The quantitative estimate of drug-likeness (QED) is 0.264. The summed E-state index contributed by atoms with van der Waals surface area (Å²) in [7, 11) is -6.87. The Morgan fingerprint density at radius 3 is 1.55 bits per heavy atom. The topological polar surface area (TPSA) is 18.5 Å². The summed E-state index contributed by atoms with van der Waals surface area (Å²) in [5.41, 5.74) is 2.36. The summed E-state index contributed by atoms with van der Waals surface area (Å²) < 4.78 is 14.3. The van der Waals surface area contributed by atoms with Gasteiger partial charge >= 0.3 is 0 Å². The van der Waals surface area contributed by atoms with Gasteiger partial charge in [0.15, 0.2) is 8.32 Å². The Morgan fingerprint density at radius 1 is 0.828 bits per heavy atom. The van der Waals surface area contributed by atoms with Gasteiger partial charge in [0.1, 0.15) is 0 Å². The number of hydrogen-bond acceptors (Lipinski definition) is 2. The first-order valence-corrected chi connectivity index (χ1v) is 24.3. The van der Waals surface area contributed by atoms with E-state index in [0.29, 0.717) is 10.9 Å². The lowest BCUT2D eigenvalue weighted by Crippen LogP contribution is -2.63. The predicted molar refractivity (Wildman–Crippen MR) is 144 cm³/mol. The Bertz CT molecular complexity index is 552. The van der Waals surface area contributed by atoms with Crippen LogP contribution in [0.5, 0.6) is 0 Å². The molecule has 0 radical (unpaired) electrons. The van der Waals surface area contributed by atoms with E-state index >= 15 is 0 Å². The molecule has 0 aliphatic carbocycles. The van der Waals surface area contributed by atoms with Gasteiger partial charge in [-0.25, -0.2) is 0 Å². The molecular formula is C23H54O2Si4. The van der Waals surface area contributed by atoms with Crippen molar-refractivity contribution in [1.82, 2.24) is 0 Å². The molecule has 0 saturated heterocycles. The lowest BCUT2D eigenvalue weighted by Gasteiger charge is -2.57. The molecule has 0 aromatic rings. The predicted octanol–water partition coefficient (Wildman–Crippen LogP) is 8.40. The molecule has 0 amide bonds. The molecule has 0 bridgehead atoms. The van der Waals surface area contributed by atoms with Crippen LogP contribution in [0.3, 0.4) is 0 Å². The van der Waals surface area contributed by atoms with E-state index in [1.54, 1.807) is 0 Å². The smallest absolute Gasteiger partial charge is 0.214 e. The SMILES string of the molecule is C=C[Si](C)(OC(C)(CC)C(C)(CC)[Si](C)(C)OC(C)[Si](C)(C)C)C(C)[Si](C)(C)C. The second kappa shape index (κ2) is 9.57. The summed E-state index contributed by atoms with van der Waals surface area (Å²) >= 11 is 0. The minimum atomic E-state index is -2.10. The van der Waals surface area contributed by atoms with Crippen molar-refractivity contribution < 1.29 is 8.85 Å². The van der Waals surface area contributed by atoms with Crippen molar-refractivity contribution in [1.29, 1.82) is 0 Å². The van der Waals surface area contributed by atoms with E-state index in [1.165, 1.54) is 0 Å². The molecule has 29 heavy (non-hydrogen) atoms. The maximum absolute atomic E-state index is 7.34.